The van der Waals surface area contributed by atoms with Gasteiger partial charge in [-0.1, -0.05) is 25.4 Å². The molecule has 1 heterocycles. The van der Waals surface area contributed by atoms with E-state index in [0.29, 0.717) is 18.3 Å². The molecule has 1 rings (SSSR count). The third-order valence-corrected chi connectivity index (χ3v) is 2.37. The van der Waals surface area contributed by atoms with Crippen LogP contribution in [0.2, 0.25) is 5.15 Å². The van der Waals surface area contributed by atoms with Crippen LogP contribution in [0.5, 0.6) is 0 Å². The van der Waals surface area contributed by atoms with Gasteiger partial charge in [-0.2, -0.15) is 4.98 Å². The lowest BCUT2D eigenvalue weighted by Crippen LogP contribution is -2.37. The van der Waals surface area contributed by atoms with E-state index in [4.69, 9.17) is 17.3 Å². The van der Waals surface area contributed by atoms with Gasteiger partial charge in [-0.25, -0.2) is 4.98 Å². The molecule has 0 aliphatic carbocycles. The lowest BCUT2D eigenvalue weighted by molar-refractivity contribution is -0.119. The zero-order valence-corrected chi connectivity index (χ0v) is 11.5. The Balaban J connectivity index is 2.59. The predicted octanol–water partition coefficient (Wildman–Crippen LogP) is 0.921. The van der Waals surface area contributed by atoms with E-state index in [0.717, 1.165) is 0 Å². The number of nitrogens with one attached hydrogen (secondary N) is 1. The molecule has 0 spiro atoms. The highest BCUT2D eigenvalue weighted by molar-refractivity contribution is 6.29. The van der Waals surface area contributed by atoms with Crippen LogP contribution in [0.3, 0.4) is 0 Å². The van der Waals surface area contributed by atoms with Gasteiger partial charge >= 0.3 is 0 Å². The number of likely N-dealkylation sites (N-methyl/N-ethyl adjacent to an activating group) is 1. The van der Waals surface area contributed by atoms with Gasteiger partial charge in [0.15, 0.2) is 0 Å². The van der Waals surface area contributed by atoms with Crippen molar-refractivity contribution in [2.24, 2.45) is 5.92 Å². The summed E-state index contributed by atoms with van der Waals surface area (Å²) in [5, 5.41) is 3.08. The molecule has 1 aromatic heterocycles. The van der Waals surface area contributed by atoms with Crippen molar-refractivity contribution in [3.8, 4) is 0 Å². The van der Waals surface area contributed by atoms with Crippen LogP contribution in [0.4, 0.5) is 11.8 Å². The van der Waals surface area contributed by atoms with Crippen molar-refractivity contribution in [2.45, 2.75) is 13.8 Å². The van der Waals surface area contributed by atoms with Gasteiger partial charge in [0.05, 0.1) is 6.54 Å². The molecule has 0 aliphatic rings. The fourth-order valence-electron chi connectivity index (χ4n) is 1.29. The fourth-order valence-corrected chi connectivity index (χ4v) is 1.47. The summed E-state index contributed by atoms with van der Waals surface area (Å²) in [6.45, 7) is 4.92. The monoisotopic (exact) mass is 271 g/mol. The zero-order chi connectivity index (χ0) is 13.7. The molecule has 0 unspecified atom stereocenters. The number of carbonyl (C=O) groups is 1. The van der Waals surface area contributed by atoms with E-state index in [9.17, 15) is 4.79 Å². The van der Waals surface area contributed by atoms with Gasteiger partial charge < -0.3 is 16.0 Å². The number of carbonyl (C=O) groups excluding carboxylic acids is 1. The number of amides is 1. The molecule has 1 aromatic rings. The highest BCUT2D eigenvalue weighted by Gasteiger charge is 2.10. The van der Waals surface area contributed by atoms with E-state index in [1.165, 1.54) is 0 Å². The quantitative estimate of drug-likeness (QED) is 0.778. The van der Waals surface area contributed by atoms with Crippen molar-refractivity contribution in [2.75, 3.05) is 30.8 Å². The Morgan fingerprint density at radius 3 is 2.78 bits per heavy atom. The van der Waals surface area contributed by atoms with Crippen molar-refractivity contribution >= 4 is 29.3 Å². The molecule has 0 aliphatic heterocycles. The van der Waals surface area contributed by atoms with Crippen LogP contribution >= 0.6 is 11.6 Å². The van der Waals surface area contributed by atoms with Gasteiger partial charge in [-0.3, -0.25) is 4.79 Å². The van der Waals surface area contributed by atoms with Gasteiger partial charge in [0, 0.05) is 19.7 Å². The fraction of sp³-hybridized carbons (Fsp3) is 0.545. The summed E-state index contributed by atoms with van der Waals surface area (Å²) < 4.78 is 0. The van der Waals surface area contributed by atoms with Crippen molar-refractivity contribution in [3.05, 3.63) is 11.2 Å². The van der Waals surface area contributed by atoms with Crippen LogP contribution in [0.1, 0.15) is 13.8 Å². The first kappa shape index (κ1) is 14.5. The summed E-state index contributed by atoms with van der Waals surface area (Å²) in [7, 11) is 1.74. The van der Waals surface area contributed by atoms with Gasteiger partial charge in [-0.15, -0.1) is 0 Å². The van der Waals surface area contributed by atoms with Crippen LogP contribution in [-0.2, 0) is 4.79 Å². The van der Waals surface area contributed by atoms with E-state index in [1.54, 1.807) is 18.0 Å². The van der Waals surface area contributed by atoms with E-state index < -0.39 is 0 Å². The summed E-state index contributed by atoms with van der Waals surface area (Å²) in [6.07, 6.45) is 0. The number of nitrogens with zero attached hydrogens (tertiary/aromatic N) is 3. The summed E-state index contributed by atoms with van der Waals surface area (Å²) in [4.78, 5) is 21.1. The Hall–Kier alpha value is -1.56. The van der Waals surface area contributed by atoms with Crippen LogP contribution in [-0.4, -0.2) is 36.0 Å². The Labute approximate surface area is 112 Å². The Morgan fingerprint density at radius 2 is 2.22 bits per heavy atom. The number of nitrogens with two attached hydrogens (primary N) is 1. The van der Waals surface area contributed by atoms with Crippen LogP contribution in [0.15, 0.2) is 6.07 Å². The average molecular weight is 272 g/mol. The SMILES string of the molecule is CC(C)CNC(=O)CN(C)c1cc(Cl)nc(N)n1. The standard InChI is InChI=1S/C11H18ClN5O/c1-7(2)5-14-10(18)6-17(3)9-4-8(12)15-11(13)16-9/h4,7H,5-6H2,1-3H3,(H,14,18)(H2,13,15,16). The van der Waals surface area contributed by atoms with Crippen LogP contribution in [0, 0.1) is 5.92 Å². The Kier molecular flexibility index (Phi) is 5.15. The molecule has 7 heteroatoms. The molecule has 0 radical (unpaired) electrons. The van der Waals surface area contributed by atoms with Crippen LogP contribution < -0.4 is 16.0 Å². The Bertz CT molecular complexity index is 404. The number of hydrogen-bond donors (Lipinski definition) is 2. The van der Waals surface area contributed by atoms with Crippen molar-refractivity contribution in [1.82, 2.24) is 15.3 Å². The molecule has 1 amide bonds. The highest BCUT2D eigenvalue weighted by Crippen LogP contribution is 2.15. The summed E-state index contributed by atoms with van der Waals surface area (Å²) >= 11 is 5.78. The minimum atomic E-state index is -0.0699. The lowest BCUT2D eigenvalue weighted by Gasteiger charge is -2.18. The molecule has 100 valence electrons. The smallest absolute Gasteiger partial charge is 0.239 e. The molecular formula is C11H18ClN5O. The van der Waals surface area contributed by atoms with Crippen molar-refractivity contribution in [3.63, 3.8) is 0 Å². The summed E-state index contributed by atoms with van der Waals surface area (Å²) in [5.74, 6) is 0.960. The Morgan fingerprint density at radius 1 is 1.56 bits per heavy atom. The summed E-state index contributed by atoms with van der Waals surface area (Å²) in [5.41, 5.74) is 5.49. The molecule has 0 bridgehead atoms. The summed E-state index contributed by atoms with van der Waals surface area (Å²) in [6, 6.07) is 1.56. The van der Waals surface area contributed by atoms with Gasteiger partial charge in [0.1, 0.15) is 11.0 Å². The molecule has 0 atom stereocenters. The molecule has 6 nitrogen and oxygen atoms in total. The number of aromatic nitrogens is 2. The first-order valence-electron chi connectivity index (χ1n) is 5.66. The largest absolute Gasteiger partial charge is 0.368 e. The molecule has 0 fully saturated rings. The second-order valence-corrected chi connectivity index (χ2v) is 4.85. The predicted molar refractivity (Wildman–Crippen MR) is 72.6 cm³/mol. The van der Waals surface area contributed by atoms with E-state index in [-0.39, 0.29) is 23.6 Å². The third kappa shape index (κ3) is 4.75. The first-order chi connectivity index (χ1) is 8.38. The zero-order valence-electron chi connectivity index (χ0n) is 10.8. The molecule has 3 N–H and O–H groups in total. The van der Waals surface area contributed by atoms with Crippen molar-refractivity contribution in [1.29, 1.82) is 0 Å². The average Bonchev–Trinajstić information content (AvgIpc) is 2.25. The van der Waals surface area contributed by atoms with E-state index in [1.807, 2.05) is 13.8 Å². The van der Waals surface area contributed by atoms with Gasteiger partial charge in [0.2, 0.25) is 11.9 Å². The minimum Gasteiger partial charge on any atom is -0.368 e. The van der Waals surface area contributed by atoms with Gasteiger partial charge in [-0.05, 0) is 5.92 Å². The van der Waals surface area contributed by atoms with E-state index >= 15 is 0 Å². The maximum absolute atomic E-state index is 11.6. The second-order valence-electron chi connectivity index (χ2n) is 4.46. The normalized spacial score (nSPS) is 10.5. The maximum atomic E-state index is 11.6. The van der Waals surface area contributed by atoms with Crippen LogP contribution in [0.25, 0.3) is 0 Å². The molecule has 0 saturated carbocycles. The van der Waals surface area contributed by atoms with Gasteiger partial charge in [0.25, 0.3) is 0 Å². The topological polar surface area (TPSA) is 84.1 Å². The molecule has 18 heavy (non-hydrogen) atoms. The second kappa shape index (κ2) is 6.39. The minimum absolute atomic E-state index is 0.0699. The maximum Gasteiger partial charge on any atom is 0.239 e. The molecule has 0 aromatic carbocycles. The molecular weight excluding hydrogens is 254 g/mol. The number of nitrogen functional groups attached to an aromatic ring is 1. The molecule has 0 saturated heterocycles. The number of anilines is 2. The number of halogens is 1. The van der Waals surface area contributed by atoms with E-state index in [2.05, 4.69) is 15.3 Å². The number of rotatable bonds is 5. The lowest BCUT2D eigenvalue weighted by atomic mass is 10.2. The highest BCUT2D eigenvalue weighted by atomic mass is 35.5. The first-order valence-corrected chi connectivity index (χ1v) is 6.04. The van der Waals surface area contributed by atoms with Crippen molar-refractivity contribution < 1.29 is 4.79 Å². The third-order valence-electron chi connectivity index (χ3n) is 2.18. The number of hydrogen-bond acceptors (Lipinski definition) is 5.